The smallest absolute Gasteiger partial charge is 0.162 e. The maximum absolute atomic E-state index is 11.7. The second-order valence-electron chi connectivity index (χ2n) is 14.2. The second kappa shape index (κ2) is 18.2. The molecule has 2 aromatic carbocycles. The van der Waals surface area contributed by atoms with Crippen LogP contribution >= 0.6 is 11.3 Å². The van der Waals surface area contributed by atoms with Gasteiger partial charge in [-0.15, -0.1) is 40.5 Å². The van der Waals surface area contributed by atoms with Crippen LogP contribution in [0.1, 0.15) is 99.3 Å². The average Bonchev–Trinajstić information content (AvgIpc) is 3.48. The van der Waals surface area contributed by atoms with Gasteiger partial charge >= 0.3 is 0 Å². The summed E-state index contributed by atoms with van der Waals surface area (Å²) in [6.45, 7) is 19.3. The van der Waals surface area contributed by atoms with Crippen LogP contribution in [0.3, 0.4) is 0 Å². The molecule has 0 aliphatic carbocycles. The molecule has 0 saturated heterocycles. The Morgan fingerprint density at radius 1 is 0.918 bits per heavy atom. The van der Waals surface area contributed by atoms with E-state index in [9.17, 15) is 9.90 Å². The number of benzene rings is 2. The van der Waals surface area contributed by atoms with E-state index in [0.29, 0.717) is 5.92 Å². The van der Waals surface area contributed by atoms with Crippen LogP contribution in [-0.2, 0) is 36.7 Å². The van der Waals surface area contributed by atoms with Crippen LogP contribution in [0.25, 0.3) is 43.2 Å². The molecule has 0 saturated carbocycles. The van der Waals surface area contributed by atoms with Crippen LogP contribution in [0.2, 0.25) is 0 Å². The number of hydrogen-bond donors (Lipinski definition) is 1. The summed E-state index contributed by atoms with van der Waals surface area (Å²) in [5, 5.41) is 15.6. The van der Waals surface area contributed by atoms with Crippen molar-refractivity contribution in [3.63, 3.8) is 0 Å². The number of aliphatic hydroxyl groups excluding tert-OH is 1. The molecule has 5 rings (SSSR count). The van der Waals surface area contributed by atoms with Gasteiger partial charge in [0.15, 0.2) is 5.78 Å². The molecule has 49 heavy (non-hydrogen) atoms. The van der Waals surface area contributed by atoms with E-state index < -0.39 is 0 Å². The predicted molar refractivity (Wildman–Crippen MR) is 206 cm³/mol. The van der Waals surface area contributed by atoms with Crippen molar-refractivity contribution < 1.29 is 30.0 Å². The zero-order valence-corrected chi connectivity index (χ0v) is 33.9. The Labute approximate surface area is 311 Å². The summed E-state index contributed by atoms with van der Waals surface area (Å²) < 4.78 is 1.29. The van der Waals surface area contributed by atoms with Crippen molar-refractivity contribution in [1.82, 2.24) is 9.97 Å². The standard InChI is InChI=1S/C30H29N2S.C13H24O2.Ir/c1-19(2)12-23-16-29-25(17-32-23)26(18-33-29)21-10-11-31-28(15-21)22-13-20-8-6-7-9-24(20)27(14-22)30(3,4)5;1-5-10(6-2)12(14)9-13(15)11(7-3)8-4;/h6-11,14-19H,12H2,1-5H3;9-11,14H,5-8H2,1-4H3;/q-1;;/b;12-9-;. The number of ketones is 1. The molecule has 3 heterocycles. The van der Waals surface area contributed by atoms with E-state index in [2.05, 4.69) is 94.6 Å². The topological polar surface area (TPSA) is 63.1 Å². The molecule has 1 N–H and O–H groups in total. The van der Waals surface area contributed by atoms with Crippen LogP contribution in [0.4, 0.5) is 0 Å². The molecule has 0 amide bonds. The van der Waals surface area contributed by atoms with Crippen molar-refractivity contribution in [3.8, 4) is 22.4 Å². The van der Waals surface area contributed by atoms with Crippen molar-refractivity contribution in [2.75, 3.05) is 0 Å². The normalized spacial score (nSPS) is 12.0. The van der Waals surface area contributed by atoms with E-state index in [1.165, 1.54) is 43.9 Å². The summed E-state index contributed by atoms with van der Waals surface area (Å²) in [5.74, 6) is 1.15. The van der Waals surface area contributed by atoms with Gasteiger partial charge in [-0.25, -0.2) is 0 Å². The van der Waals surface area contributed by atoms with Gasteiger partial charge in [0.05, 0.1) is 5.76 Å². The van der Waals surface area contributed by atoms with E-state index >= 15 is 0 Å². The first-order valence-electron chi connectivity index (χ1n) is 17.6. The third-order valence-electron chi connectivity index (χ3n) is 9.15. The molecule has 1 radical (unpaired) electrons. The van der Waals surface area contributed by atoms with Crippen LogP contribution in [-0.4, -0.2) is 20.9 Å². The van der Waals surface area contributed by atoms with Gasteiger partial charge in [0, 0.05) is 77.4 Å². The zero-order chi connectivity index (χ0) is 35.0. The molecule has 0 spiro atoms. The van der Waals surface area contributed by atoms with Crippen LogP contribution in [0, 0.1) is 23.8 Å². The van der Waals surface area contributed by atoms with Crippen molar-refractivity contribution in [2.45, 2.75) is 99.8 Å². The fourth-order valence-corrected chi connectivity index (χ4v) is 7.23. The van der Waals surface area contributed by atoms with Gasteiger partial charge in [-0.2, -0.15) is 0 Å². The van der Waals surface area contributed by atoms with Gasteiger partial charge in [0.1, 0.15) is 0 Å². The number of aromatic nitrogens is 2. The van der Waals surface area contributed by atoms with Crippen LogP contribution in [0.5, 0.6) is 0 Å². The quantitative estimate of drug-likeness (QED) is 0.0817. The van der Waals surface area contributed by atoms with Gasteiger partial charge < -0.3 is 5.11 Å². The molecule has 4 nitrogen and oxygen atoms in total. The molecule has 5 aromatic rings. The van der Waals surface area contributed by atoms with Crippen molar-refractivity contribution >= 4 is 38.0 Å². The molecule has 0 aliphatic heterocycles. The Hall–Kier alpha value is -3.18. The third kappa shape index (κ3) is 10.2. The maximum Gasteiger partial charge on any atom is 0.162 e. The Kier molecular flexibility index (Phi) is 14.9. The van der Waals surface area contributed by atoms with E-state index in [0.717, 1.165) is 48.7 Å². The summed E-state index contributed by atoms with van der Waals surface area (Å²) in [6.07, 6.45) is 9.87. The number of fused-ring (bicyclic) bond motifs is 2. The van der Waals surface area contributed by atoms with Crippen molar-refractivity contribution in [3.05, 3.63) is 95.5 Å². The Balaban J connectivity index is 0.000000347. The maximum atomic E-state index is 11.7. The van der Waals surface area contributed by atoms with E-state index in [4.69, 9.17) is 9.97 Å². The molecule has 0 aliphatic rings. The number of carbonyl (C=O) groups excluding carboxylic acids is 1. The van der Waals surface area contributed by atoms with Crippen molar-refractivity contribution in [1.29, 1.82) is 0 Å². The number of nitrogens with zero attached hydrogens (tertiary/aromatic N) is 2. The number of allylic oxidation sites excluding steroid dienone is 2. The zero-order valence-electron chi connectivity index (χ0n) is 30.7. The van der Waals surface area contributed by atoms with E-state index in [-0.39, 0.29) is 48.9 Å². The molecule has 3 aromatic heterocycles. The average molecular weight is 854 g/mol. The Morgan fingerprint density at radius 2 is 1.59 bits per heavy atom. The van der Waals surface area contributed by atoms with E-state index in [1.54, 1.807) is 11.3 Å². The number of pyridine rings is 2. The molecule has 0 unspecified atom stereocenters. The number of rotatable bonds is 11. The second-order valence-corrected chi connectivity index (χ2v) is 15.2. The number of thiophene rings is 1. The molecule has 0 fully saturated rings. The molecular weight excluding hydrogens is 801 g/mol. The summed E-state index contributed by atoms with van der Waals surface area (Å²) in [5.41, 5.74) is 6.90. The molecular formula is C43H53IrN2O2S-. The van der Waals surface area contributed by atoms with Gasteiger partial charge in [-0.05, 0) is 66.5 Å². The number of hydrogen-bond acceptors (Lipinski definition) is 5. The van der Waals surface area contributed by atoms with Crippen LogP contribution < -0.4 is 0 Å². The first-order valence-corrected chi connectivity index (χ1v) is 18.5. The molecule has 0 bridgehead atoms. The molecule has 0 atom stereocenters. The van der Waals surface area contributed by atoms with Gasteiger partial charge in [0.25, 0.3) is 0 Å². The summed E-state index contributed by atoms with van der Waals surface area (Å²) >= 11 is 1.79. The monoisotopic (exact) mass is 854 g/mol. The first kappa shape index (κ1) is 40.3. The Morgan fingerprint density at radius 3 is 2.22 bits per heavy atom. The summed E-state index contributed by atoms with van der Waals surface area (Å²) in [7, 11) is 0. The Bertz CT molecular complexity index is 1860. The van der Waals surface area contributed by atoms with Gasteiger partial charge in [0.2, 0.25) is 0 Å². The van der Waals surface area contributed by atoms with Gasteiger partial charge in [-0.3, -0.25) is 14.8 Å². The fraction of sp³-hybridized carbons (Fsp3) is 0.419. The first-order chi connectivity index (χ1) is 22.9. The molecule has 263 valence electrons. The summed E-state index contributed by atoms with van der Waals surface area (Å²) in [4.78, 5) is 21.2. The SMILES string of the molecule is CC(C)Cc1cc2scc(-c3ccnc(-c4[c-]c5ccccc5c(C(C)(C)C)c4)c3)c2cn1.CCC(CC)C(=O)/C=C(\O)C(CC)CC.[Ir]. The third-order valence-corrected chi connectivity index (χ3v) is 10.1. The van der Waals surface area contributed by atoms with Crippen LogP contribution in [0.15, 0.2) is 78.1 Å². The summed E-state index contributed by atoms with van der Waals surface area (Å²) in [6, 6.07) is 20.9. The minimum Gasteiger partial charge on any atom is -0.512 e. The minimum absolute atomic E-state index is 0. The minimum atomic E-state index is 0. The predicted octanol–water partition coefficient (Wildman–Crippen LogP) is 12.3. The fourth-order valence-electron chi connectivity index (χ4n) is 6.23. The van der Waals surface area contributed by atoms with E-state index in [1.807, 2.05) is 40.1 Å². The number of carbonyl (C=O) groups is 1. The number of aliphatic hydroxyl groups is 1. The largest absolute Gasteiger partial charge is 0.512 e. The van der Waals surface area contributed by atoms with Gasteiger partial charge in [-0.1, -0.05) is 97.5 Å². The van der Waals surface area contributed by atoms with Crippen molar-refractivity contribution in [2.24, 2.45) is 17.8 Å². The molecule has 6 heteroatoms.